The van der Waals surface area contributed by atoms with Crippen molar-refractivity contribution in [2.75, 3.05) is 26.0 Å². The molecule has 1 unspecified atom stereocenters. The van der Waals surface area contributed by atoms with E-state index in [0.29, 0.717) is 10.7 Å². The Balaban J connectivity index is 1.32. The molecule has 8 heteroatoms. The molecule has 168 valence electrons. The summed E-state index contributed by atoms with van der Waals surface area (Å²) in [4.78, 5) is 26.1. The summed E-state index contributed by atoms with van der Waals surface area (Å²) in [6, 6.07) is 9.50. The number of ether oxygens (including phenoxy) is 1. The van der Waals surface area contributed by atoms with Crippen molar-refractivity contribution >= 4 is 39.8 Å². The summed E-state index contributed by atoms with van der Waals surface area (Å²) < 4.78 is 5.34. The van der Waals surface area contributed by atoms with E-state index < -0.39 is 6.10 Å². The topological polar surface area (TPSA) is 75.5 Å². The lowest BCUT2D eigenvalue weighted by Crippen LogP contribution is -2.43. The summed E-state index contributed by atoms with van der Waals surface area (Å²) in [5.74, 6) is 1.76. The number of carbonyl (C=O) groups excluding carboxylic acids is 1. The minimum atomic E-state index is -0.521. The van der Waals surface area contributed by atoms with Gasteiger partial charge in [0, 0.05) is 10.3 Å². The molecule has 0 spiro atoms. The van der Waals surface area contributed by atoms with Gasteiger partial charge in [0.15, 0.2) is 5.78 Å². The van der Waals surface area contributed by atoms with E-state index in [4.69, 9.17) is 4.74 Å². The number of aryl methyl sites for hydroxylation is 1. The average molecular weight is 470 g/mol. The first kappa shape index (κ1) is 21.8. The van der Waals surface area contributed by atoms with Gasteiger partial charge in [-0.3, -0.25) is 9.69 Å². The number of hydrogen-bond donors (Lipinski definition) is 1. The maximum Gasteiger partial charge on any atom is 0.183 e. The molecule has 2 aliphatic heterocycles. The SMILES string of the molecule is COc1ccc2nc(C)nc(SCC(=O)c3ccc(C(O)C45CCCN4CCC5)s3)c2c1. The van der Waals surface area contributed by atoms with Crippen LogP contribution in [0.5, 0.6) is 5.75 Å². The van der Waals surface area contributed by atoms with Crippen molar-refractivity contribution in [3.05, 3.63) is 45.9 Å². The number of thioether (sulfide) groups is 1. The standard InChI is InChI=1S/C24H27N3O3S2/c1-15-25-18-6-5-16(30-2)13-17(18)23(26-15)31-14-19(28)20-7-8-21(32-20)22(29)24-9-3-11-27(24)12-4-10-24/h5-8,13,22,29H,3-4,9-12,14H2,1-2H3. The first-order valence-electron chi connectivity index (χ1n) is 11.0. The summed E-state index contributed by atoms with van der Waals surface area (Å²) in [5, 5.41) is 12.9. The van der Waals surface area contributed by atoms with Crippen LogP contribution in [0, 0.1) is 6.92 Å². The second-order valence-electron chi connectivity index (χ2n) is 8.57. The number of methoxy groups -OCH3 is 1. The van der Waals surface area contributed by atoms with Crippen molar-refractivity contribution in [3.63, 3.8) is 0 Å². The Morgan fingerprint density at radius 1 is 1.25 bits per heavy atom. The second-order valence-corrected chi connectivity index (χ2v) is 10.7. The number of aliphatic hydroxyl groups is 1. The molecule has 0 bridgehead atoms. The van der Waals surface area contributed by atoms with Crippen LogP contribution in [0.15, 0.2) is 35.4 Å². The smallest absolute Gasteiger partial charge is 0.183 e. The van der Waals surface area contributed by atoms with Gasteiger partial charge in [0.05, 0.1) is 28.8 Å². The van der Waals surface area contributed by atoms with Crippen LogP contribution in [0.1, 0.15) is 52.2 Å². The molecular weight excluding hydrogens is 442 g/mol. The molecule has 1 N–H and O–H groups in total. The minimum Gasteiger partial charge on any atom is -0.497 e. The van der Waals surface area contributed by atoms with E-state index in [1.807, 2.05) is 37.3 Å². The molecule has 3 aromatic rings. The summed E-state index contributed by atoms with van der Waals surface area (Å²) in [5.41, 5.74) is 0.711. The number of nitrogens with zero attached hydrogens (tertiary/aromatic N) is 3. The molecule has 1 atom stereocenters. The summed E-state index contributed by atoms with van der Waals surface area (Å²) in [6.45, 7) is 4.00. The van der Waals surface area contributed by atoms with Crippen molar-refractivity contribution in [1.82, 2.24) is 14.9 Å². The van der Waals surface area contributed by atoms with E-state index in [1.54, 1.807) is 7.11 Å². The zero-order chi connectivity index (χ0) is 22.3. The fourth-order valence-electron chi connectivity index (χ4n) is 5.14. The lowest BCUT2D eigenvalue weighted by atomic mass is 9.87. The molecule has 5 rings (SSSR count). The van der Waals surface area contributed by atoms with Gasteiger partial charge in [0.25, 0.3) is 0 Å². The molecule has 4 heterocycles. The van der Waals surface area contributed by atoms with Crippen molar-refractivity contribution < 1.29 is 14.6 Å². The summed E-state index contributed by atoms with van der Waals surface area (Å²) >= 11 is 2.86. The van der Waals surface area contributed by atoms with Crippen LogP contribution in [0.2, 0.25) is 0 Å². The quantitative estimate of drug-likeness (QED) is 0.307. The van der Waals surface area contributed by atoms with E-state index in [-0.39, 0.29) is 17.1 Å². The monoisotopic (exact) mass is 469 g/mol. The van der Waals surface area contributed by atoms with Gasteiger partial charge in [0.2, 0.25) is 0 Å². The lowest BCUT2D eigenvalue weighted by molar-refractivity contribution is 0.0175. The number of aromatic nitrogens is 2. The Bertz CT molecular complexity index is 1150. The van der Waals surface area contributed by atoms with E-state index in [2.05, 4.69) is 14.9 Å². The zero-order valence-electron chi connectivity index (χ0n) is 18.3. The molecular formula is C24H27N3O3S2. The van der Waals surface area contributed by atoms with E-state index in [9.17, 15) is 9.90 Å². The Kier molecular flexibility index (Phi) is 5.96. The highest BCUT2D eigenvalue weighted by Gasteiger charge is 2.50. The number of thiophene rings is 1. The molecule has 0 aliphatic carbocycles. The van der Waals surface area contributed by atoms with Gasteiger partial charge in [-0.25, -0.2) is 9.97 Å². The van der Waals surface area contributed by atoms with Crippen LogP contribution in [-0.4, -0.2) is 57.2 Å². The maximum atomic E-state index is 13.0. The van der Waals surface area contributed by atoms with Crippen LogP contribution in [0.4, 0.5) is 0 Å². The molecule has 0 saturated carbocycles. The molecule has 2 fully saturated rings. The Morgan fingerprint density at radius 2 is 2.03 bits per heavy atom. The van der Waals surface area contributed by atoms with Crippen molar-refractivity contribution in [2.45, 2.75) is 49.3 Å². The van der Waals surface area contributed by atoms with Crippen LogP contribution in [0.3, 0.4) is 0 Å². The largest absolute Gasteiger partial charge is 0.497 e. The fourth-order valence-corrected chi connectivity index (χ4v) is 7.22. The molecule has 0 radical (unpaired) electrons. The predicted molar refractivity (Wildman–Crippen MR) is 128 cm³/mol. The molecule has 2 aliphatic rings. The number of Topliss-reactive ketones (excluding diaryl/α,β-unsaturated/α-hetero) is 1. The number of hydrogen-bond acceptors (Lipinski definition) is 8. The third-order valence-corrected chi connectivity index (χ3v) is 8.87. The van der Waals surface area contributed by atoms with E-state index in [0.717, 1.165) is 65.3 Å². The van der Waals surface area contributed by atoms with E-state index >= 15 is 0 Å². The summed E-state index contributed by atoms with van der Waals surface area (Å²) in [6.07, 6.45) is 3.83. The Labute approximate surface area is 196 Å². The highest BCUT2D eigenvalue weighted by atomic mass is 32.2. The van der Waals surface area contributed by atoms with Gasteiger partial charge in [-0.2, -0.15) is 0 Å². The zero-order valence-corrected chi connectivity index (χ0v) is 20.0. The van der Waals surface area contributed by atoms with Gasteiger partial charge in [-0.1, -0.05) is 11.8 Å². The molecule has 2 saturated heterocycles. The van der Waals surface area contributed by atoms with Crippen LogP contribution < -0.4 is 4.74 Å². The number of ketones is 1. The second kappa shape index (κ2) is 8.74. The molecule has 0 amide bonds. The highest BCUT2D eigenvalue weighted by molar-refractivity contribution is 8.00. The fraction of sp³-hybridized carbons (Fsp3) is 0.458. The molecule has 1 aromatic carbocycles. The normalized spacial score (nSPS) is 18.7. The van der Waals surface area contributed by atoms with Crippen molar-refractivity contribution in [3.8, 4) is 5.75 Å². The van der Waals surface area contributed by atoms with Gasteiger partial charge in [-0.15, -0.1) is 11.3 Å². The van der Waals surface area contributed by atoms with Crippen molar-refractivity contribution in [1.29, 1.82) is 0 Å². The summed E-state index contributed by atoms with van der Waals surface area (Å²) in [7, 11) is 1.63. The predicted octanol–water partition coefficient (Wildman–Crippen LogP) is 4.65. The van der Waals surface area contributed by atoms with Crippen molar-refractivity contribution in [2.24, 2.45) is 0 Å². The average Bonchev–Trinajstić information content (AvgIpc) is 3.52. The van der Waals surface area contributed by atoms with Crippen LogP contribution in [0.25, 0.3) is 10.9 Å². The lowest BCUT2D eigenvalue weighted by Gasteiger charge is -2.36. The van der Waals surface area contributed by atoms with Gasteiger partial charge < -0.3 is 9.84 Å². The first-order chi connectivity index (χ1) is 15.5. The molecule has 2 aromatic heterocycles. The number of aliphatic hydroxyl groups excluding tert-OH is 1. The van der Waals surface area contributed by atoms with Crippen LogP contribution in [-0.2, 0) is 0 Å². The third-order valence-electron chi connectivity index (χ3n) is 6.71. The van der Waals surface area contributed by atoms with Gasteiger partial charge >= 0.3 is 0 Å². The van der Waals surface area contributed by atoms with E-state index in [1.165, 1.54) is 23.1 Å². The maximum absolute atomic E-state index is 13.0. The number of benzene rings is 1. The first-order valence-corrected chi connectivity index (χ1v) is 12.8. The number of fused-ring (bicyclic) bond motifs is 2. The Hall–Kier alpha value is -2.00. The minimum absolute atomic E-state index is 0.0537. The molecule has 6 nitrogen and oxygen atoms in total. The van der Waals surface area contributed by atoms with Gasteiger partial charge in [0.1, 0.15) is 22.7 Å². The molecule has 32 heavy (non-hydrogen) atoms. The number of carbonyl (C=O) groups is 1. The number of rotatable bonds is 7. The highest BCUT2D eigenvalue weighted by Crippen LogP contribution is 2.48. The Morgan fingerprint density at radius 3 is 2.78 bits per heavy atom. The third kappa shape index (κ3) is 3.83. The van der Waals surface area contributed by atoms with Gasteiger partial charge in [-0.05, 0) is 76.0 Å². The van der Waals surface area contributed by atoms with Crippen LogP contribution >= 0.6 is 23.1 Å².